The van der Waals surface area contributed by atoms with Crippen molar-refractivity contribution >= 4 is 39.9 Å². The second-order valence-corrected chi connectivity index (χ2v) is 8.97. The van der Waals surface area contributed by atoms with Crippen LogP contribution in [0.1, 0.15) is 35.5 Å². The lowest BCUT2D eigenvalue weighted by molar-refractivity contribution is 0.474. The van der Waals surface area contributed by atoms with E-state index in [0.29, 0.717) is 9.92 Å². The number of halogens is 2. The average Bonchev–Trinajstić information content (AvgIpc) is 3.21. The van der Waals surface area contributed by atoms with Gasteiger partial charge in [0.2, 0.25) is 11.1 Å². The topological polar surface area (TPSA) is 79.6 Å². The minimum Gasteiger partial charge on any atom is -0.506 e. The molecule has 4 rings (SSSR count). The first kappa shape index (κ1) is 20.8. The quantitative estimate of drug-likeness (QED) is 0.406. The van der Waals surface area contributed by atoms with Gasteiger partial charge in [-0.05, 0) is 43.7 Å². The maximum absolute atomic E-state index is 12.6. The van der Waals surface area contributed by atoms with Gasteiger partial charge in [-0.2, -0.15) is 0 Å². The number of aromatic amines is 1. The first-order valence-corrected chi connectivity index (χ1v) is 11.0. The van der Waals surface area contributed by atoms with Crippen LogP contribution in [0.2, 0.25) is 10.0 Å². The van der Waals surface area contributed by atoms with Crippen molar-refractivity contribution < 1.29 is 13.5 Å². The lowest BCUT2D eigenvalue weighted by Gasteiger charge is -2.14. The van der Waals surface area contributed by atoms with Gasteiger partial charge in [0.15, 0.2) is 5.65 Å². The molecule has 4 aromatic rings. The third-order valence-corrected chi connectivity index (χ3v) is 6.55. The fourth-order valence-corrected chi connectivity index (χ4v) is 4.72. The van der Waals surface area contributed by atoms with E-state index in [9.17, 15) is 9.32 Å². The van der Waals surface area contributed by atoms with Crippen LogP contribution in [-0.4, -0.2) is 23.9 Å². The number of aryl methyl sites for hydroxylation is 2. The van der Waals surface area contributed by atoms with Crippen molar-refractivity contribution in [1.29, 1.82) is 0 Å². The van der Waals surface area contributed by atoms with Crippen molar-refractivity contribution in [1.82, 2.24) is 14.6 Å². The van der Waals surface area contributed by atoms with E-state index in [1.54, 1.807) is 12.1 Å². The Kier molecular flexibility index (Phi) is 5.53. The summed E-state index contributed by atoms with van der Waals surface area (Å²) in [5.41, 5.74) is 4.72. The van der Waals surface area contributed by atoms with Gasteiger partial charge in [-0.1, -0.05) is 36.2 Å². The predicted molar refractivity (Wildman–Crippen MR) is 118 cm³/mol. The van der Waals surface area contributed by atoms with E-state index < -0.39 is 11.1 Å². The van der Waals surface area contributed by atoms with Gasteiger partial charge in [0.05, 0.1) is 21.3 Å². The molecule has 2 heterocycles. The number of phenolic OH excluding ortho intramolecular Hbond substituents is 1. The maximum atomic E-state index is 12.6. The molecule has 0 saturated carbocycles. The minimum absolute atomic E-state index is 0.0505. The summed E-state index contributed by atoms with van der Waals surface area (Å²) in [6.45, 7) is 6.03. The molecule has 0 fully saturated rings. The molecule has 30 heavy (non-hydrogen) atoms. The van der Waals surface area contributed by atoms with Gasteiger partial charge >= 0.3 is 0 Å². The van der Waals surface area contributed by atoms with Crippen LogP contribution in [0.3, 0.4) is 0 Å². The monoisotopic (exact) mass is 463 g/mol. The molecule has 0 spiro atoms. The van der Waals surface area contributed by atoms with Crippen molar-refractivity contribution in [2.75, 3.05) is 0 Å². The summed E-state index contributed by atoms with van der Waals surface area (Å²) in [6.07, 6.45) is 0. The molecule has 0 amide bonds. The molecule has 0 saturated heterocycles. The van der Waals surface area contributed by atoms with Crippen LogP contribution in [-0.2, 0) is 11.1 Å². The molecule has 0 aliphatic rings. The zero-order chi connectivity index (χ0) is 21.6. The number of hydrogen-bond acceptors (Lipinski definition) is 4. The second kappa shape index (κ2) is 7.98. The molecule has 0 aliphatic heterocycles. The average molecular weight is 464 g/mol. The van der Waals surface area contributed by atoms with Gasteiger partial charge in [0, 0.05) is 28.8 Å². The van der Waals surface area contributed by atoms with Gasteiger partial charge in [-0.15, -0.1) is 0 Å². The minimum atomic E-state index is -1.79. The van der Waals surface area contributed by atoms with E-state index in [-0.39, 0.29) is 22.4 Å². The van der Waals surface area contributed by atoms with Crippen molar-refractivity contribution in [3.63, 3.8) is 0 Å². The molecule has 2 unspecified atom stereocenters. The normalized spacial score (nSPS) is 13.5. The third kappa shape index (κ3) is 3.80. The van der Waals surface area contributed by atoms with E-state index in [1.807, 2.05) is 37.4 Å². The number of fused-ring (bicyclic) bond motifs is 1. The van der Waals surface area contributed by atoms with Crippen molar-refractivity contribution in [2.45, 2.75) is 31.6 Å². The molecule has 2 N–H and O–H groups in total. The molecule has 9 heteroatoms. The van der Waals surface area contributed by atoms with E-state index in [4.69, 9.17) is 32.4 Å². The number of rotatable bonds is 5. The van der Waals surface area contributed by atoms with E-state index in [1.165, 1.54) is 18.2 Å². The SMILES string of the molecule is Cc1cc2nc(C(C)c3ccc(S(=O)Oc4ccc(O)c(Cl)c4)cc3Cl)c(C)n2[nH]1. The van der Waals surface area contributed by atoms with E-state index in [2.05, 4.69) is 5.10 Å². The van der Waals surface area contributed by atoms with E-state index in [0.717, 1.165) is 28.3 Å². The largest absolute Gasteiger partial charge is 0.506 e. The molecule has 156 valence electrons. The molecule has 2 aromatic heterocycles. The highest BCUT2D eigenvalue weighted by molar-refractivity contribution is 7.80. The van der Waals surface area contributed by atoms with Crippen LogP contribution in [0.4, 0.5) is 0 Å². The summed E-state index contributed by atoms with van der Waals surface area (Å²) >= 11 is 10.6. The molecular weight excluding hydrogens is 445 g/mol. The van der Waals surface area contributed by atoms with Crippen LogP contribution < -0.4 is 4.18 Å². The lowest BCUT2D eigenvalue weighted by Crippen LogP contribution is -2.04. The summed E-state index contributed by atoms with van der Waals surface area (Å²) in [5, 5.41) is 13.3. The molecule has 2 aromatic carbocycles. The molecular formula is C21H19Cl2N3O3S. The predicted octanol–water partition coefficient (Wildman–Crippen LogP) is 5.55. The molecule has 0 bridgehead atoms. The highest BCUT2D eigenvalue weighted by Gasteiger charge is 2.21. The van der Waals surface area contributed by atoms with Gasteiger partial charge in [0.25, 0.3) is 0 Å². The second-order valence-electron chi connectivity index (χ2n) is 7.05. The summed E-state index contributed by atoms with van der Waals surface area (Å²) in [4.78, 5) is 5.16. The van der Waals surface area contributed by atoms with Crippen molar-refractivity contribution in [3.8, 4) is 11.5 Å². The zero-order valence-corrected chi connectivity index (χ0v) is 18.8. The Balaban J connectivity index is 1.58. The summed E-state index contributed by atoms with van der Waals surface area (Å²) in [5.74, 6) is 0.159. The summed E-state index contributed by atoms with van der Waals surface area (Å²) in [6, 6.07) is 11.4. The van der Waals surface area contributed by atoms with Crippen molar-refractivity contribution in [2.24, 2.45) is 0 Å². The van der Waals surface area contributed by atoms with Crippen LogP contribution in [0.15, 0.2) is 47.4 Å². The smallest absolute Gasteiger partial charge is 0.240 e. The molecule has 0 radical (unpaired) electrons. The number of aromatic hydroxyl groups is 1. The number of benzene rings is 2. The Labute approximate surface area is 186 Å². The van der Waals surface area contributed by atoms with Gasteiger partial charge in [0.1, 0.15) is 11.5 Å². The first-order valence-electron chi connectivity index (χ1n) is 9.17. The molecule has 6 nitrogen and oxygen atoms in total. The highest BCUT2D eigenvalue weighted by atomic mass is 35.5. The number of phenols is 1. The number of nitrogens with zero attached hydrogens (tertiary/aromatic N) is 2. The highest BCUT2D eigenvalue weighted by Crippen LogP contribution is 2.34. The standard InChI is InChI=1S/C21H19Cl2N3O3S/c1-11-8-20-24-21(13(3)26(20)25-11)12(2)16-6-5-15(10-17(16)22)30(28)29-14-4-7-19(27)18(23)9-14/h4-10,12,25,27H,1-3H3. The summed E-state index contributed by atoms with van der Waals surface area (Å²) < 4.78 is 20.0. The number of imidazole rings is 1. The lowest BCUT2D eigenvalue weighted by atomic mass is 9.96. The zero-order valence-electron chi connectivity index (χ0n) is 16.4. The Morgan fingerprint density at radius 3 is 2.57 bits per heavy atom. The summed E-state index contributed by atoms with van der Waals surface area (Å²) in [7, 11) is 0. The third-order valence-electron chi connectivity index (χ3n) is 4.94. The van der Waals surface area contributed by atoms with Crippen LogP contribution >= 0.6 is 23.2 Å². The number of H-pyrrole nitrogens is 1. The van der Waals surface area contributed by atoms with Gasteiger partial charge < -0.3 is 9.29 Å². The van der Waals surface area contributed by atoms with E-state index >= 15 is 0 Å². The Morgan fingerprint density at radius 2 is 1.90 bits per heavy atom. The van der Waals surface area contributed by atoms with Crippen LogP contribution in [0.25, 0.3) is 5.65 Å². The Bertz CT molecular complexity index is 1280. The van der Waals surface area contributed by atoms with Crippen LogP contribution in [0, 0.1) is 13.8 Å². The van der Waals surface area contributed by atoms with Gasteiger partial charge in [-0.25, -0.2) is 13.7 Å². The molecule has 0 aliphatic carbocycles. The number of aromatic nitrogens is 3. The fraction of sp³-hybridized carbons (Fsp3) is 0.190. The fourth-order valence-electron chi connectivity index (χ4n) is 3.38. The Morgan fingerprint density at radius 1 is 1.13 bits per heavy atom. The first-order chi connectivity index (χ1) is 14.2. The van der Waals surface area contributed by atoms with Gasteiger partial charge in [-0.3, -0.25) is 5.10 Å². The van der Waals surface area contributed by atoms with Crippen molar-refractivity contribution in [3.05, 3.63) is 75.2 Å². The number of nitrogens with one attached hydrogen (secondary N) is 1. The maximum Gasteiger partial charge on any atom is 0.240 e. The Hall–Kier alpha value is -2.48. The number of hydrogen-bond donors (Lipinski definition) is 2. The van der Waals surface area contributed by atoms with Crippen LogP contribution in [0.5, 0.6) is 11.5 Å². The molecule has 2 atom stereocenters.